The summed E-state index contributed by atoms with van der Waals surface area (Å²) in [6.07, 6.45) is 0.782. The average Bonchev–Trinajstić information content (AvgIpc) is 2.90. The lowest BCUT2D eigenvalue weighted by Gasteiger charge is -2.25. The van der Waals surface area contributed by atoms with Crippen molar-refractivity contribution in [2.45, 2.75) is 24.0 Å². The monoisotopic (exact) mass is 528 g/mol. The number of hydrogen-bond donors (Lipinski definition) is 1. The highest BCUT2D eigenvalue weighted by Gasteiger charge is 2.28. The van der Waals surface area contributed by atoms with E-state index in [4.69, 9.17) is 9.47 Å². The van der Waals surface area contributed by atoms with Gasteiger partial charge in [0.25, 0.3) is 10.0 Å². The molecule has 0 fully saturated rings. The van der Waals surface area contributed by atoms with Crippen molar-refractivity contribution >= 4 is 33.4 Å². The van der Waals surface area contributed by atoms with E-state index in [9.17, 15) is 13.2 Å². The first-order valence-corrected chi connectivity index (χ1v) is 14.1. The number of aryl methyl sites for hydroxylation is 1. The Labute approximate surface area is 217 Å². The number of nitrogens with zero attached hydrogens (tertiary/aromatic N) is 1. The van der Waals surface area contributed by atoms with Crippen LogP contribution in [0.3, 0.4) is 0 Å². The molecule has 192 valence electrons. The van der Waals surface area contributed by atoms with E-state index in [0.29, 0.717) is 23.7 Å². The standard InChI is InChI=1S/C27H32N2O5S2/c1-21-10-12-22(13-11-21)20-35-17-7-16-28-27(30)19-29(36(31,32)24-8-5-4-6-9-24)23-14-15-25(33-2)26(18-23)34-3/h4-6,8-15,18H,7,16-17,19-20H2,1-3H3,(H,28,30). The van der Waals surface area contributed by atoms with E-state index >= 15 is 0 Å². The van der Waals surface area contributed by atoms with Gasteiger partial charge < -0.3 is 14.8 Å². The van der Waals surface area contributed by atoms with Gasteiger partial charge in [0.2, 0.25) is 5.91 Å². The number of ether oxygens (including phenoxy) is 2. The summed E-state index contributed by atoms with van der Waals surface area (Å²) in [4.78, 5) is 12.9. The number of carbonyl (C=O) groups excluding carboxylic acids is 1. The van der Waals surface area contributed by atoms with Crippen molar-refractivity contribution in [1.82, 2.24) is 5.32 Å². The van der Waals surface area contributed by atoms with E-state index < -0.39 is 10.0 Å². The summed E-state index contributed by atoms with van der Waals surface area (Å²) in [5, 5.41) is 2.85. The zero-order valence-electron chi connectivity index (χ0n) is 20.8. The molecular formula is C27H32N2O5S2. The number of hydrogen-bond acceptors (Lipinski definition) is 6. The van der Waals surface area contributed by atoms with Gasteiger partial charge in [0.15, 0.2) is 11.5 Å². The summed E-state index contributed by atoms with van der Waals surface area (Å²) in [6, 6.07) is 21.3. The number of rotatable bonds is 13. The number of sulfonamides is 1. The Morgan fingerprint density at radius 1 is 0.944 bits per heavy atom. The second-order valence-electron chi connectivity index (χ2n) is 8.11. The Kier molecular flexibility index (Phi) is 10.1. The first-order chi connectivity index (χ1) is 17.3. The van der Waals surface area contributed by atoms with E-state index in [2.05, 4.69) is 36.5 Å². The van der Waals surface area contributed by atoms with Crippen LogP contribution in [-0.4, -0.2) is 47.4 Å². The van der Waals surface area contributed by atoms with Gasteiger partial charge in [0.05, 0.1) is 24.8 Å². The molecule has 0 aliphatic carbocycles. The van der Waals surface area contributed by atoms with Crippen LogP contribution < -0.4 is 19.1 Å². The van der Waals surface area contributed by atoms with E-state index in [1.165, 1.54) is 37.5 Å². The molecule has 7 nitrogen and oxygen atoms in total. The lowest BCUT2D eigenvalue weighted by Crippen LogP contribution is -2.41. The van der Waals surface area contributed by atoms with Crippen LogP contribution in [0.4, 0.5) is 5.69 Å². The molecule has 1 N–H and O–H groups in total. The summed E-state index contributed by atoms with van der Waals surface area (Å²) >= 11 is 1.80. The number of thioether (sulfide) groups is 1. The molecule has 3 aromatic rings. The minimum atomic E-state index is -3.99. The summed E-state index contributed by atoms with van der Waals surface area (Å²) in [5.74, 6) is 2.25. The molecule has 3 rings (SSSR count). The van der Waals surface area contributed by atoms with Gasteiger partial charge in [-0.25, -0.2) is 8.42 Å². The van der Waals surface area contributed by atoms with Gasteiger partial charge in [-0.15, -0.1) is 0 Å². The van der Waals surface area contributed by atoms with Crippen molar-refractivity contribution in [3.63, 3.8) is 0 Å². The number of benzene rings is 3. The Balaban J connectivity index is 1.64. The molecule has 0 bridgehead atoms. The predicted octanol–water partition coefficient (Wildman–Crippen LogP) is 4.65. The molecule has 0 saturated carbocycles. The third-order valence-electron chi connectivity index (χ3n) is 5.45. The third kappa shape index (κ3) is 7.41. The summed E-state index contributed by atoms with van der Waals surface area (Å²) in [5.41, 5.74) is 2.81. The number of anilines is 1. The van der Waals surface area contributed by atoms with Crippen LogP contribution in [0.1, 0.15) is 17.5 Å². The molecule has 9 heteroatoms. The van der Waals surface area contributed by atoms with Crippen LogP contribution in [-0.2, 0) is 20.6 Å². The van der Waals surface area contributed by atoms with Crippen LogP contribution >= 0.6 is 11.8 Å². The Morgan fingerprint density at radius 2 is 1.64 bits per heavy atom. The Morgan fingerprint density at radius 3 is 2.31 bits per heavy atom. The Bertz CT molecular complexity index is 1230. The molecule has 0 aromatic heterocycles. The van der Waals surface area contributed by atoms with Crippen LogP contribution in [0.25, 0.3) is 0 Å². The SMILES string of the molecule is COc1ccc(N(CC(=O)NCCCSCc2ccc(C)cc2)S(=O)(=O)c2ccccc2)cc1OC. The third-order valence-corrected chi connectivity index (χ3v) is 8.35. The van der Waals surface area contributed by atoms with Crippen LogP contribution in [0.2, 0.25) is 0 Å². The lowest BCUT2D eigenvalue weighted by molar-refractivity contribution is -0.119. The van der Waals surface area contributed by atoms with Gasteiger partial charge in [-0.1, -0.05) is 48.0 Å². The van der Waals surface area contributed by atoms with Crippen molar-refractivity contribution in [2.75, 3.05) is 37.4 Å². The normalized spacial score (nSPS) is 11.1. The van der Waals surface area contributed by atoms with Crippen molar-refractivity contribution in [3.8, 4) is 11.5 Å². The van der Waals surface area contributed by atoms with Gasteiger partial charge in [-0.2, -0.15) is 11.8 Å². The predicted molar refractivity (Wildman–Crippen MR) is 145 cm³/mol. The first kappa shape index (κ1) is 27.4. The maximum atomic E-state index is 13.5. The summed E-state index contributed by atoms with van der Waals surface area (Å²) in [6.45, 7) is 2.17. The van der Waals surface area contributed by atoms with Gasteiger partial charge >= 0.3 is 0 Å². The van der Waals surface area contributed by atoms with E-state index in [1.54, 1.807) is 48.2 Å². The van der Waals surface area contributed by atoms with Gasteiger partial charge in [-0.3, -0.25) is 9.10 Å². The largest absolute Gasteiger partial charge is 0.493 e. The number of methoxy groups -OCH3 is 2. The highest BCUT2D eigenvalue weighted by Crippen LogP contribution is 2.33. The fourth-order valence-corrected chi connectivity index (χ4v) is 5.83. The molecule has 0 heterocycles. The molecule has 0 radical (unpaired) electrons. The molecular weight excluding hydrogens is 496 g/mol. The minimum absolute atomic E-state index is 0.0973. The number of amides is 1. The van der Waals surface area contributed by atoms with Crippen molar-refractivity contribution in [1.29, 1.82) is 0 Å². The number of carbonyl (C=O) groups is 1. The second-order valence-corrected chi connectivity index (χ2v) is 11.1. The molecule has 3 aromatic carbocycles. The molecule has 0 saturated heterocycles. The van der Waals surface area contributed by atoms with Crippen molar-refractivity contribution < 1.29 is 22.7 Å². The average molecular weight is 529 g/mol. The zero-order chi connectivity index (χ0) is 26.0. The summed E-state index contributed by atoms with van der Waals surface area (Å²) in [7, 11) is -1.02. The highest BCUT2D eigenvalue weighted by molar-refractivity contribution is 7.98. The molecule has 0 aliphatic heterocycles. The van der Waals surface area contributed by atoms with E-state index in [-0.39, 0.29) is 17.3 Å². The molecule has 1 amide bonds. The molecule has 0 unspecified atom stereocenters. The van der Waals surface area contributed by atoms with Crippen molar-refractivity contribution in [3.05, 3.63) is 83.9 Å². The summed E-state index contributed by atoms with van der Waals surface area (Å²) < 4.78 is 38.6. The van der Waals surface area contributed by atoms with Gasteiger partial charge in [0.1, 0.15) is 6.54 Å². The highest BCUT2D eigenvalue weighted by atomic mass is 32.2. The van der Waals surface area contributed by atoms with Gasteiger partial charge in [0, 0.05) is 18.4 Å². The molecule has 36 heavy (non-hydrogen) atoms. The van der Waals surface area contributed by atoms with Crippen LogP contribution in [0, 0.1) is 6.92 Å². The number of nitrogens with one attached hydrogen (secondary N) is 1. The minimum Gasteiger partial charge on any atom is -0.493 e. The van der Waals surface area contributed by atoms with Crippen LogP contribution in [0.5, 0.6) is 11.5 Å². The first-order valence-electron chi connectivity index (χ1n) is 11.5. The Hall–Kier alpha value is -3.17. The molecule has 0 spiro atoms. The van der Waals surface area contributed by atoms with E-state index in [0.717, 1.165) is 22.2 Å². The van der Waals surface area contributed by atoms with E-state index in [1.807, 2.05) is 0 Å². The quantitative estimate of drug-likeness (QED) is 0.325. The topological polar surface area (TPSA) is 84.9 Å². The lowest BCUT2D eigenvalue weighted by atomic mass is 10.2. The van der Waals surface area contributed by atoms with Crippen molar-refractivity contribution in [2.24, 2.45) is 0 Å². The second kappa shape index (κ2) is 13.2. The smallest absolute Gasteiger partial charge is 0.264 e. The fraction of sp³-hybridized carbons (Fsp3) is 0.296. The fourth-order valence-electron chi connectivity index (χ4n) is 3.48. The van der Waals surface area contributed by atoms with Gasteiger partial charge in [-0.05, 0) is 48.9 Å². The molecule has 0 aliphatic rings. The zero-order valence-corrected chi connectivity index (χ0v) is 22.4. The van der Waals surface area contributed by atoms with Crippen LogP contribution in [0.15, 0.2) is 77.7 Å². The molecule has 0 atom stereocenters. The maximum Gasteiger partial charge on any atom is 0.264 e. The maximum absolute atomic E-state index is 13.5.